The number of aromatic nitrogens is 3. The van der Waals surface area contributed by atoms with Crippen molar-refractivity contribution >= 4 is 11.0 Å². The molecule has 0 saturated carbocycles. The van der Waals surface area contributed by atoms with E-state index in [2.05, 4.69) is 15.0 Å². The fourth-order valence-electron chi connectivity index (χ4n) is 2.30. The average Bonchev–Trinajstić information content (AvgIpc) is 2.69. The van der Waals surface area contributed by atoms with E-state index in [0.29, 0.717) is 6.54 Å². The van der Waals surface area contributed by atoms with Crippen LogP contribution in [-0.2, 0) is 11.2 Å². The molecule has 1 aliphatic rings. The van der Waals surface area contributed by atoms with Crippen LogP contribution in [0.4, 0.5) is 0 Å². The quantitative estimate of drug-likeness (QED) is 0.785. The molecular weight excluding hydrogens is 204 g/mol. The smallest absolute Gasteiger partial charge is 0.116 e. The van der Waals surface area contributed by atoms with Gasteiger partial charge in [-0.25, -0.2) is 9.97 Å². The Bertz CT molecular complexity index is 508. The van der Waals surface area contributed by atoms with E-state index in [1.165, 1.54) is 5.56 Å². The van der Waals surface area contributed by atoms with Crippen molar-refractivity contribution in [1.82, 2.24) is 15.0 Å². The van der Waals surface area contributed by atoms with Crippen molar-refractivity contribution in [2.45, 2.75) is 18.9 Å². The summed E-state index contributed by atoms with van der Waals surface area (Å²) >= 11 is 0. The third-order valence-corrected chi connectivity index (χ3v) is 3.01. The lowest BCUT2D eigenvalue weighted by atomic mass is 10.0. The summed E-state index contributed by atoms with van der Waals surface area (Å²) in [6.07, 6.45) is 5.23. The maximum atomic E-state index is 5.71. The number of hydrogen-bond donors (Lipinski definition) is 2. The van der Waals surface area contributed by atoms with Gasteiger partial charge in [0.1, 0.15) is 6.33 Å². The van der Waals surface area contributed by atoms with E-state index >= 15 is 0 Å². The van der Waals surface area contributed by atoms with Gasteiger partial charge in [0.05, 0.1) is 35.6 Å². The monoisotopic (exact) mass is 218 g/mol. The molecule has 2 aromatic heterocycles. The second-order valence-corrected chi connectivity index (χ2v) is 3.99. The molecule has 16 heavy (non-hydrogen) atoms. The van der Waals surface area contributed by atoms with Gasteiger partial charge in [0.2, 0.25) is 0 Å². The lowest BCUT2D eigenvalue weighted by Crippen LogP contribution is -2.18. The minimum atomic E-state index is 0.0861. The first-order chi connectivity index (χ1) is 7.90. The van der Waals surface area contributed by atoms with Crippen LogP contribution >= 0.6 is 0 Å². The topological polar surface area (TPSA) is 76.8 Å². The Morgan fingerprint density at radius 1 is 1.56 bits per heavy atom. The van der Waals surface area contributed by atoms with Crippen LogP contribution in [0.25, 0.3) is 11.0 Å². The molecule has 0 spiro atoms. The second-order valence-electron chi connectivity index (χ2n) is 3.99. The van der Waals surface area contributed by atoms with Crippen LogP contribution in [0.1, 0.15) is 23.8 Å². The molecule has 0 radical (unpaired) electrons. The van der Waals surface area contributed by atoms with Crippen molar-refractivity contribution in [1.29, 1.82) is 0 Å². The number of fused-ring (bicyclic) bond motifs is 3. The van der Waals surface area contributed by atoms with E-state index in [1.807, 2.05) is 0 Å². The van der Waals surface area contributed by atoms with Crippen molar-refractivity contribution in [3.05, 3.63) is 23.8 Å². The van der Waals surface area contributed by atoms with Gasteiger partial charge < -0.3 is 15.5 Å². The Labute approximate surface area is 93.0 Å². The van der Waals surface area contributed by atoms with Gasteiger partial charge in [-0.15, -0.1) is 0 Å². The molecule has 2 aromatic rings. The van der Waals surface area contributed by atoms with Crippen molar-refractivity contribution < 1.29 is 4.74 Å². The van der Waals surface area contributed by atoms with E-state index < -0.39 is 0 Å². The van der Waals surface area contributed by atoms with Crippen LogP contribution in [0.3, 0.4) is 0 Å². The van der Waals surface area contributed by atoms with Gasteiger partial charge in [0, 0.05) is 5.56 Å². The number of nitrogens with zero attached hydrogens (tertiary/aromatic N) is 2. The van der Waals surface area contributed by atoms with E-state index in [0.717, 1.165) is 36.2 Å². The first-order valence-corrected chi connectivity index (χ1v) is 5.52. The Kier molecular flexibility index (Phi) is 2.34. The minimum Gasteiger partial charge on any atom is -0.372 e. The van der Waals surface area contributed by atoms with E-state index in [-0.39, 0.29) is 6.10 Å². The second kappa shape index (κ2) is 3.84. The van der Waals surface area contributed by atoms with Gasteiger partial charge in [0.15, 0.2) is 0 Å². The number of rotatable bonds is 2. The van der Waals surface area contributed by atoms with Gasteiger partial charge in [-0.1, -0.05) is 0 Å². The normalized spacial score (nSPS) is 19.9. The Morgan fingerprint density at radius 3 is 3.38 bits per heavy atom. The molecule has 0 aliphatic carbocycles. The van der Waals surface area contributed by atoms with Crippen LogP contribution < -0.4 is 5.73 Å². The largest absolute Gasteiger partial charge is 0.372 e. The number of aromatic amines is 1. The van der Waals surface area contributed by atoms with Gasteiger partial charge in [-0.3, -0.25) is 0 Å². The number of nitrogens with two attached hydrogens (primary N) is 1. The van der Waals surface area contributed by atoms with Crippen molar-refractivity contribution in [3.63, 3.8) is 0 Å². The van der Waals surface area contributed by atoms with Gasteiger partial charge in [-0.05, 0) is 19.4 Å². The maximum Gasteiger partial charge on any atom is 0.116 e. The Hall–Kier alpha value is -1.46. The number of ether oxygens (including phenoxy) is 1. The fourth-order valence-corrected chi connectivity index (χ4v) is 2.30. The van der Waals surface area contributed by atoms with Crippen LogP contribution in [0, 0.1) is 0 Å². The highest BCUT2D eigenvalue weighted by Gasteiger charge is 2.24. The summed E-state index contributed by atoms with van der Waals surface area (Å²) in [6, 6.07) is 0. The summed E-state index contributed by atoms with van der Waals surface area (Å²) in [5.41, 5.74) is 10.00. The Morgan fingerprint density at radius 2 is 2.50 bits per heavy atom. The summed E-state index contributed by atoms with van der Waals surface area (Å²) in [6.45, 7) is 1.37. The van der Waals surface area contributed by atoms with E-state index in [1.54, 1.807) is 12.5 Å². The van der Waals surface area contributed by atoms with Crippen LogP contribution in [0.15, 0.2) is 12.5 Å². The molecule has 0 bridgehead atoms. The third kappa shape index (κ3) is 1.40. The zero-order valence-corrected chi connectivity index (χ0v) is 8.94. The molecule has 1 atom stereocenters. The molecule has 0 amide bonds. The zero-order valence-electron chi connectivity index (χ0n) is 8.94. The fraction of sp³-hybridized carbons (Fsp3) is 0.455. The molecule has 5 nitrogen and oxygen atoms in total. The SMILES string of the molecule is NCCC1OCCc2c1[nH]c1cncnc21. The molecule has 5 heteroatoms. The standard InChI is InChI=1S/C11H14N4O/c12-3-1-9-11-7(2-4-16-9)10-8(15-11)5-13-6-14-10/h5-6,9,15H,1-4,12H2. The van der Waals surface area contributed by atoms with Gasteiger partial charge in [0.25, 0.3) is 0 Å². The molecule has 0 saturated heterocycles. The molecular formula is C11H14N4O. The van der Waals surface area contributed by atoms with Crippen molar-refractivity contribution in [2.75, 3.05) is 13.2 Å². The lowest BCUT2D eigenvalue weighted by molar-refractivity contribution is 0.0360. The zero-order chi connectivity index (χ0) is 11.0. The molecule has 3 N–H and O–H groups in total. The highest BCUT2D eigenvalue weighted by atomic mass is 16.5. The highest BCUT2D eigenvalue weighted by Crippen LogP contribution is 2.32. The molecule has 1 unspecified atom stereocenters. The molecule has 3 heterocycles. The molecule has 3 rings (SSSR count). The lowest BCUT2D eigenvalue weighted by Gasteiger charge is -2.22. The highest BCUT2D eigenvalue weighted by molar-refractivity contribution is 5.79. The van der Waals surface area contributed by atoms with E-state index in [9.17, 15) is 0 Å². The Balaban J connectivity index is 2.13. The van der Waals surface area contributed by atoms with Crippen molar-refractivity contribution in [3.8, 4) is 0 Å². The summed E-state index contributed by atoms with van der Waals surface area (Å²) in [4.78, 5) is 11.7. The van der Waals surface area contributed by atoms with Gasteiger partial charge >= 0.3 is 0 Å². The summed E-state index contributed by atoms with van der Waals surface area (Å²) in [5, 5.41) is 0. The predicted molar refractivity (Wildman–Crippen MR) is 60.0 cm³/mol. The molecule has 84 valence electrons. The van der Waals surface area contributed by atoms with E-state index in [4.69, 9.17) is 10.5 Å². The first kappa shape index (κ1) is 9.74. The first-order valence-electron chi connectivity index (χ1n) is 5.52. The summed E-state index contributed by atoms with van der Waals surface area (Å²) < 4.78 is 5.71. The van der Waals surface area contributed by atoms with Crippen molar-refractivity contribution in [2.24, 2.45) is 5.73 Å². The number of hydrogen-bond acceptors (Lipinski definition) is 4. The summed E-state index contributed by atoms with van der Waals surface area (Å²) in [7, 11) is 0. The summed E-state index contributed by atoms with van der Waals surface area (Å²) in [5.74, 6) is 0. The minimum absolute atomic E-state index is 0.0861. The van der Waals surface area contributed by atoms with Gasteiger partial charge in [-0.2, -0.15) is 0 Å². The van der Waals surface area contributed by atoms with Crippen LogP contribution in [-0.4, -0.2) is 28.1 Å². The average molecular weight is 218 g/mol. The molecule has 1 aliphatic heterocycles. The third-order valence-electron chi connectivity index (χ3n) is 3.01. The predicted octanol–water partition coefficient (Wildman–Crippen LogP) is 0.920. The number of H-pyrrole nitrogens is 1. The molecule has 0 aromatic carbocycles. The van der Waals surface area contributed by atoms with Crippen LogP contribution in [0.2, 0.25) is 0 Å². The maximum absolute atomic E-state index is 5.71. The van der Waals surface area contributed by atoms with Crippen LogP contribution in [0.5, 0.6) is 0 Å². The molecule has 0 fully saturated rings. The number of nitrogens with one attached hydrogen (secondary N) is 1.